The van der Waals surface area contributed by atoms with E-state index >= 15 is 0 Å². The number of amides is 1. The van der Waals surface area contributed by atoms with Crippen molar-refractivity contribution in [3.05, 3.63) is 12.2 Å². The smallest absolute Gasteiger partial charge is 0.326 e. The normalized spacial score (nSPS) is 13.6. The van der Waals surface area contributed by atoms with Crippen LogP contribution >= 0.6 is 0 Å². The maximum atomic E-state index is 12.4. The minimum atomic E-state index is -1.72. The summed E-state index contributed by atoms with van der Waals surface area (Å²) in [6, 6.07) is -1.44. The lowest BCUT2D eigenvalue weighted by molar-refractivity contribution is -0.146. The molecule has 0 aromatic heterocycles. The lowest BCUT2D eigenvalue weighted by Crippen LogP contribution is -2.50. The van der Waals surface area contributed by atoms with Gasteiger partial charge in [0, 0.05) is 21.7 Å². The van der Waals surface area contributed by atoms with Gasteiger partial charge in [-0.1, -0.05) is 45.9 Å². The van der Waals surface area contributed by atoms with Crippen molar-refractivity contribution in [2.75, 3.05) is 0 Å². The third kappa shape index (κ3) is 6.14. The largest absolute Gasteiger partial charge is 0.481 e. The Bertz CT molecular complexity index is 463. The summed E-state index contributed by atoms with van der Waals surface area (Å²) in [6.07, 6.45) is -0.654. The fraction of sp³-hybridized carbons (Fsp3) is 0.643. The van der Waals surface area contributed by atoms with E-state index < -0.39 is 46.5 Å². The molecule has 8 heteroatoms. The standard InChI is InChI=1S/C14H27NO5Si2/c1-9(14(21(2,3)4)22(5,6)7)12(18)15-10(13(19)20)8-11(16)17/h10,14H,1,8H2,2-7H3,(H,15,18)(H,16,17)(H,19,20)/t10-/m0/s1. The molecule has 0 spiro atoms. The molecule has 3 N–H and O–H groups in total. The SMILES string of the molecule is C=C(C(=O)N[C@@H](CC(=O)O)C(=O)O)C([Si](C)(C)C)[Si](C)(C)C. The summed E-state index contributed by atoms with van der Waals surface area (Å²) < 4.78 is 0. The van der Waals surface area contributed by atoms with Crippen molar-refractivity contribution >= 4 is 34.0 Å². The number of carbonyl (C=O) groups excluding carboxylic acids is 1. The summed E-state index contributed by atoms with van der Waals surface area (Å²) in [4.78, 5) is 34.1. The predicted octanol–water partition coefficient (Wildman–Crippen LogP) is 2.17. The van der Waals surface area contributed by atoms with Crippen LogP contribution in [0.1, 0.15) is 6.42 Å². The van der Waals surface area contributed by atoms with Crippen LogP contribution in [0.3, 0.4) is 0 Å². The quantitative estimate of drug-likeness (QED) is 0.462. The predicted molar refractivity (Wildman–Crippen MR) is 91.4 cm³/mol. The second kappa shape index (κ2) is 7.23. The Hall–Kier alpha value is -1.42. The molecule has 0 unspecified atom stereocenters. The molecule has 0 aliphatic rings. The van der Waals surface area contributed by atoms with Gasteiger partial charge in [-0.3, -0.25) is 9.59 Å². The third-order valence-electron chi connectivity index (χ3n) is 3.35. The van der Waals surface area contributed by atoms with E-state index in [1.807, 2.05) is 0 Å². The van der Waals surface area contributed by atoms with Gasteiger partial charge in [0.05, 0.1) is 6.42 Å². The van der Waals surface area contributed by atoms with E-state index in [0.717, 1.165) is 0 Å². The first-order valence-electron chi connectivity index (χ1n) is 7.12. The molecule has 0 aliphatic heterocycles. The Morgan fingerprint density at radius 3 is 1.68 bits per heavy atom. The van der Waals surface area contributed by atoms with Crippen LogP contribution in [0.25, 0.3) is 0 Å². The maximum Gasteiger partial charge on any atom is 0.326 e. The molecule has 0 saturated heterocycles. The summed E-state index contributed by atoms with van der Waals surface area (Å²) in [5.41, 5.74) is 0.384. The molecular formula is C14H27NO5Si2. The molecule has 1 amide bonds. The van der Waals surface area contributed by atoms with Crippen LogP contribution in [0, 0.1) is 0 Å². The topological polar surface area (TPSA) is 104 Å². The summed E-state index contributed by atoms with van der Waals surface area (Å²) in [6.45, 7) is 16.8. The average molecular weight is 346 g/mol. The highest BCUT2D eigenvalue weighted by molar-refractivity contribution is 6.97. The van der Waals surface area contributed by atoms with E-state index in [1.165, 1.54) is 0 Å². The first-order chi connectivity index (χ1) is 9.67. The van der Waals surface area contributed by atoms with Gasteiger partial charge < -0.3 is 15.5 Å². The maximum absolute atomic E-state index is 12.4. The monoisotopic (exact) mass is 345 g/mol. The highest BCUT2D eigenvalue weighted by atomic mass is 28.4. The van der Waals surface area contributed by atoms with Gasteiger partial charge in [-0.15, -0.1) is 0 Å². The summed E-state index contributed by atoms with van der Waals surface area (Å²) in [5.74, 6) is -3.19. The molecule has 0 aliphatic carbocycles. The van der Waals surface area contributed by atoms with Gasteiger partial charge in [0.2, 0.25) is 5.91 Å². The molecular weight excluding hydrogens is 318 g/mol. The highest BCUT2D eigenvalue weighted by Gasteiger charge is 2.41. The van der Waals surface area contributed by atoms with Crippen LogP contribution in [0.2, 0.25) is 44.4 Å². The zero-order valence-corrected chi connectivity index (χ0v) is 16.2. The number of hydrogen-bond acceptors (Lipinski definition) is 3. The van der Waals surface area contributed by atoms with Crippen molar-refractivity contribution in [3.63, 3.8) is 0 Å². The number of nitrogens with one attached hydrogen (secondary N) is 1. The molecule has 0 saturated carbocycles. The Balaban J connectivity index is 5.29. The van der Waals surface area contributed by atoms with Gasteiger partial charge in [-0.2, -0.15) is 0 Å². The summed E-state index contributed by atoms with van der Waals surface area (Å²) >= 11 is 0. The molecule has 0 radical (unpaired) electrons. The Labute approximate surface area is 133 Å². The van der Waals surface area contributed by atoms with Crippen LogP contribution in [0.15, 0.2) is 12.2 Å². The van der Waals surface area contributed by atoms with E-state index in [1.54, 1.807) is 0 Å². The number of carboxylic acids is 2. The average Bonchev–Trinajstić information content (AvgIpc) is 2.22. The molecule has 22 heavy (non-hydrogen) atoms. The molecule has 0 rings (SSSR count). The van der Waals surface area contributed by atoms with Crippen molar-refractivity contribution in [3.8, 4) is 0 Å². The second-order valence-electron chi connectivity index (χ2n) is 7.65. The Morgan fingerprint density at radius 1 is 1.00 bits per heavy atom. The molecule has 1 atom stereocenters. The van der Waals surface area contributed by atoms with Crippen molar-refractivity contribution in [1.82, 2.24) is 5.32 Å². The van der Waals surface area contributed by atoms with Gasteiger partial charge in [-0.05, 0) is 5.16 Å². The number of hydrogen-bond donors (Lipinski definition) is 3. The fourth-order valence-corrected chi connectivity index (χ4v) is 15.8. The lowest BCUT2D eigenvalue weighted by Gasteiger charge is -2.39. The van der Waals surface area contributed by atoms with E-state index in [4.69, 9.17) is 10.2 Å². The van der Waals surface area contributed by atoms with Gasteiger partial charge >= 0.3 is 11.9 Å². The molecule has 6 nitrogen and oxygen atoms in total. The van der Waals surface area contributed by atoms with Gasteiger partial charge in [0.1, 0.15) is 6.04 Å². The lowest BCUT2D eigenvalue weighted by atomic mass is 10.2. The third-order valence-corrected chi connectivity index (χ3v) is 12.7. The van der Waals surface area contributed by atoms with Gasteiger partial charge in [0.25, 0.3) is 0 Å². The van der Waals surface area contributed by atoms with Gasteiger partial charge in [0.15, 0.2) is 0 Å². The minimum Gasteiger partial charge on any atom is -0.481 e. The van der Waals surface area contributed by atoms with Crippen LogP contribution in [0.5, 0.6) is 0 Å². The zero-order chi connectivity index (χ0) is 17.9. The van der Waals surface area contributed by atoms with Crippen LogP contribution < -0.4 is 5.32 Å². The Kier molecular flexibility index (Phi) is 6.77. The highest BCUT2D eigenvalue weighted by Crippen LogP contribution is 2.37. The van der Waals surface area contributed by atoms with E-state index in [-0.39, 0.29) is 5.16 Å². The number of rotatable bonds is 8. The molecule has 0 fully saturated rings. The van der Waals surface area contributed by atoms with Crippen molar-refractivity contribution < 1.29 is 24.6 Å². The molecule has 0 heterocycles. The van der Waals surface area contributed by atoms with E-state index in [9.17, 15) is 14.4 Å². The Morgan fingerprint density at radius 2 is 1.41 bits per heavy atom. The van der Waals surface area contributed by atoms with E-state index in [2.05, 4.69) is 51.2 Å². The van der Waals surface area contributed by atoms with Crippen LogP contribution in [0.4, 0.5) is 0 Å². The molecule has 126 valence electrons. The number of carbonyl (C=O) groups is 3. The fourth-order valence-electron chi connectivity index (χ4n) is 3.10. The summed E-state index contributed by atoms with van der Waals surface area (Å²) in [7, 11) is -3.44. The zero-order valence-electron chi connectivity index (χ0n) is 14.2. The van der Waals surface area contributed by atoms with Crippen molar-refractivity contribution in [2.24, 2.45) is 0 Å². The van der Waals surface area contributed by atoms with Crippen molar-refractivity contribution in [1.29, 1.82) is 0 Å². The molecule has 0 bridgehead atoms. The van der Waals surface area contributed by atoms with E-state index in [0.29, 0.717) is 5.57 Å². The number of aliphatic carboxylic acids is 2. The van der Waals surface area contributed by atoms with Crippen molar-refractivity contribution in [2.45, 2.75) is 56.9 Å². The summed E-state index contributed by atoms with van der Waals surface area (Å²) in [5, 5.41) is 20.1. The number of carboxylic acid groups (broad SMARTS) is 2. The van der Waals surface area contributed by atoms with Crippen LogP contribution in [-0.2, 0) is 14.4 Å². The molecule has 0 aromatic carbocycles. The first-order valence-corrected chi connectivity index (χ1v) is 14.3. The molecule has 0 aromatic rings. The van der Waals surface area contributed by atoms with Crippen LogP contribution in [-0.4, -0.2) is 50.2 Å². The minimum absolute atomic E-state index is 0.0827. The first kappa shape index (κ1) is 20.6. The second-order valence-corrected chi connectivity index (χ2v) is 18.8. The van der Waals surface area contributed by atoms with Gasteiger partial charge in [-0.25, -0.2) is 4.79 Å².